The molecule has 0 bridgehead atoms. The zero-order chi connectivity index (χ0) is 5.11. The monoisotopic (exact) mass is 116 g/mol. The van der Waals surface area contributed by atoms with Crippen LogP contribution in [0.25, 0.3) is 0 Å². The number of rotatable bonds is 0. The summed E-state index contributed by atoms with van der Waals surface area (Å²) in [5.41, 5.74) is 0. The maximum Gasteiger partial charge on any atom is 0.104 e. The Balaban J connectivity index is 2.32. The summed E-state index contributed by atoms with van der Waals surface area (Å²) in [5, 5.41) is 1.97. The van der Waals surface area contributed by atoms with Gasteiger partial charge in [0.25, 0.3) is 0 Å². The highest BCUT2D eigenvalue weighted by Crippen LogP contribution is 2.12. The highest BCUT2D eigenvalue weighted by molar-refractivity contribution is 8.02. The molecule has 1 rings (SSSR count). The SMILES string of the molecule is CC1CSC=CO1. The van der Waals surface area contributed by atoms with Crippen molar-refractivity contribution >= 4 is 11.8 Å². The zero-order valence-electron chi connectivity index (χ0n) is 4.26. The summed E-state index contributed by atoms with van der Waals surface area (Å²) in [6.45, 7) is 2.07. The van der Waals surface area contributed by atoms with Gasteiger partial charge >= 0.3 is 0 Å². The number of thioether (sulfide) groups is 1. The molecule has 0 aromatic rings. The van der Waals surface area contributed by atoms with E-state index in [0.29, 0.717) is 6.10 Å². The molecule has 0 aromatic heterocycles. The van der Waals surface area contributed by atoms with E-state index in [2.05, 4.69) is 6.92 Å². The van der Waals surface area contributed by atoms with E-state index < -0.39 is 0 Å². The second kappa shape index (κ2) is 2.26. The number of hydrogen-bond donors (Lipinski definition) is 0. The third-order valence-corrected chi connectivity index (χ3v) is 1.76. The van der Waals surface area contributed by atoms with E-state index in [4.69, 9.17) is 4.74 Å². The van der Waals surface area contributed by atoms with E-state index in [1.54, 1.807) is 18.0 Å². The third kappa shape index (κ3) is 1.43. The van der Waals surface area contributed by atoms with Gasteiger partial charge in [0, 0.05) is 11.2 Å². The van der Waals surface area contributed by atoms with Gasteiger partial charge in [0.1, 0.15) is 6.10 Å². The molecule has 0 spiro atoms. The lowest BCUT2D eigenvalue weighted by Gasteiger charge is -2.12. The topological polar surface area (TPSA) is 9.23 Å². The fourth-order valence-electron chi connectivity index (χ4n) is 0.436. The molecule has 40 valence electrons. The van der Waals surface area contributed by atoms with Crippen LogP contribution in [0.15, 0.2) is 11.7 Å². The number of ether oxygens (including phenoxy) is 1. The first-order chi connectivity index (χ1) is 3.39. The molecule has 0 radical (unpaired) electrons. The predicted octanol–water partition coefficient (Wildman–Crippen LogP) is 1.61. The van der Waals surface area contributed by atoms with Crippen LogP contribution in [0.2, 0.25) is 0 Å². The van der Waals surface area contributed by atoms with E-state index >= 15 is 0 Å². The van der Waals surface area contributed by atoms with Gasteiger partial charge in [0.2, 0.25) is 0 Å². The van der Waals surface area contributed by atoms with Gasteiger partial charge in [-0.2, -0.15) is 0 Å². The molecular weight excluding hydrogens is 108 g/mol. The van der Waals surface area contributed by atoms with Crippen LogP contribution >= 0.6 is 11.8 Å². The zero-order valence-corrected chi connectivity index (χ0v) is 5.07. The second-order valence-electron chi connectivity index (χ2n) is 1.55. The third-order valence-electron chi connectivity index (χ3n) is 0.794. The molecule has 0 saturated carbocycles. The molecule has 0 N–H and O–H groups in total. The Labute approximate surface area is 47.7 Å². The van der Waals surface area contributed by atoms with Crippen molar-refractivity contribution in [2.45, 2.75) is 13.0 Å². The summed E-state index contributed by atoms with van der Waals surface area (Å²) in [6.07, 6.45) is 2.16. The van der Waals surface area contributed by atoms with Crippen molar-refractivity contribution in [2.75, 3.05) is 5.75 Å². The van der Waals surface area contributed by atoms with E-state index in [-0.39, 0.29) is 0 Å². The van der Waals surface area contributed by atoms with Crippen LogP contribution in [-0.2, 0) is 4.74 Å². The van der Waals surface area contributed by atoms with Crippen LogP contribution < -0.4 is 0 Å². The molecule has 1 aliphatic heterocycles. The lowest BCUT2D eigenvalue weighted by molar-refractivity contribution is 0.181. The van der Waals surface area contributed by atoms with Crippen molar-refractivity contribution in [1.82, 2.24) is 0 Å². The molecule has 1 nitrogen and oxygen atoms in total. The first-order valence-corrected chi connectivity index (χ1v) is 3.36. The van der Waals surface area contributed by atoms with Gasteiger partial charge in [-0.25, -0.2) is 0 Å². The van der Waals surface area contributed by atoms with Gasteiger partial charge in [-0.3, -0.25) is 0 Å². The van der Waals surface area contributed by atoms with E-state index in [1.165, 1.54) is 0 Å². The first-order valence-electron chi connectivity index (χ1n) is 2.31. The van der Waals surface area contributed by atoms with Gasteiger partial charge in [-0.05, 0) is 6.92 Å². The van der Waals surface area contributed by atoms with Crippen molar-refractivity contribution in [3.63, 3.8) is 0 Å². The maximum absolute atomic E-state index is 5.08. The fourth-order valence-corrected chi connectivity index (χ4v) is 1.04. The Bertz CT molecular complexity index is 80.1. The molecule has 0 amide bonds. The van der Waals surface area contributed by atoms with E-state index in [0.717, 1.165) is 5.75 Å². The summed E-state index contributed by atoms with van der Waals surface area (Å²) in [4.78, 5) is 0. The van der Waals surface area contributed by atoms with Crippen LogP contribution in [-0.4, -0.2) is 11.9 Å². The van der Waals surface area contributed by atoms with E-state index in [9.17, 15) is 0 Å². The highest BCUT2D eigenvalue weighted by atomic mass is 32.2. The molecule has 1 aliphatic rings. The Morgan fingerprint density at radius 2 is 2.71 bits per heavy atom. The van der Waals surface area contributed by atoms with Crippen molar-refractivity contribution in [3.8, 4) is 0 Å². The molecule has 0 aliphatic carbocycles. The first kappa shape index (κ1) is 5.04. The van der Waals surface area contributed by atoms with Crippen molar-refractivity contribution in [2.24, 2.45) is 0 Å². The van der Waals surface area contributed by atoms with Crippen LogP contribution in [0.5, 0.6) is 0 Å². The highest BCUT2D eigenvalue weighted by Gasteiger charge is 2.01. The Morgan fingerprint density at radius 3 is 3.00 bits per heavy atom. The van der Waals surface area contributed by atoms with Gasteiger partial charge in [-0.1, -0.05) is 0 Å². The quantitative estimate of drug-likeness (QED) is 0.475. The summed E-state index contributed by atoms with van der Waals surface area (Å²) in [5.74, 6) is 1.09. The molecule has 7 heavy (non-hydrogen) atoms. The molecule has 1 unspecified atom stereocenters. The fraction of sp³-hybridized carbons (Fsp3) is 0.600. The number of hydrogen-bond acceptors (Lipinski definition) is 2. The predicted molar refractivity (Wildman–Crippen MR) is 32.1 cm³/mol. The molecule has 1 atom stereocenters. The summed E-state index contributed by atoms with van der Waals surface area (Å²) in [6, 6.07) is 0. The Morgan fingerprint density at radius 1 is 1.86 bits per heavy atom. The second-order valence-corrected chi connectivity index (χ2v) is 2.49. The van der Waals surface area contributed by atoms with Crippen LogP contribution in [0.4, 0.5) is 0 Å². The van der Waals surface area contributed by atoms with Crippen molar-refractivity contribution < 1.29 is 4.74 Å². The van der Waals surface area contributed by atoms with Crippen LogP contribution in [0, 0.1) is 0 Å². The molecule has 2 heteroatoms. The smallest absolute Gasteiger partial charge is 0.104 e. The van der Waals surface area contributed by atoms with Gasteiger partial charge in [-0.15, -0.1) is 11.8 Å². The van der Waals surface area contributed by atoms with Gasteiger partial charge in [0.15, 0.2) is 0 Å². The average molecular weight is 116 g/mol. The molecule has 0 fully saturated rings. The minimum atomic E-state index is 0.412. The van der Waals surface area contributed by atoms with Gasteiger partial charge < -0.3 is 4.74 Å². The maximum atomic E-state index is 5.08. The minimum Gasteiger partial charge on any atom is -0.497 e. The standard InChI is InChI=1S/C5H8OS/c1-5-4-7-3-2-6-5/h2-3,5H,4H2,1H3. The lowest BCUT2D eigenvalue weighted by atomic mass is 10.5. The van der Waals surface area contributed by atoms with Crippen LogP contribution in [0.3, 0.4) is 0 Å². The van der Waals surface area contributed by atoms with Crippen molar-refractivity contribution in [1.29, 1.82) is 0 Å². The lowest BCUT2D eigenvalue weighted by Crippen LogP contribution is -2.08. The molecule has 0 aromatic carbocycles. The van der Waals surface area contributed by atoms with Gasteiger partial charge in [0.05, 0.1) is 6.26 Å². The molecule has 0 saturated heterocycles. The molecule has 1 heterocycles. The largest absolute Gasteiger partial charge is 0.497 e. The summed E-state index contributed by atoms with van der Waals surface area (Å²) < 4.78 is 5.08. The molecular formula is C5H8OS. The van der Waals surface area contributed by atoms with Crippen molar-refractivity contribution in [3.05, 3.63) is 11.7 Å². The summed E-state index contributed by atoms with van der Waals surface area (Å²) >= 11 is 1.80. The Hall–Kier alpha value is -0.110. The normalized spacial score (nSPS) is 29.6. The Kier molecular flexibility index (Phi) is 1.63. The minimum absolute atomic E-state index is 0.412. The summed E-state index contributed by atoms with van der Waals surface area (Å²) in [7, 11) is 0. The average Bonchev–Trinajstić information content (AvgIpc) is 1.69. The van der Waals surface area contributed by atoms with E-state index in [1.807, 2.05) is 5.41 Å². The van der Waals surface area contributed by atoms with Crippen LogP contribution in [0.1, 0.15) is 6.92 Å².